The summed E-state index contributed by atoms with van der Waals surface area (Å²) in [5.74, 6) is 1.68. The van der Waals surface area contributed by atoms with Crippen LogP contribution in [0.15, 0.2) is 24.4 Å². The summed E-state index contributed by atoms with van der Waals surface area (Å²) in [5, 5.41) is 3.23. The Bertz CT molecular complexity index is 540. The number of rotatable bonds is 6. The van der Waals surface area contributed by atoms with Crippen LogP contribution >= 0.6 is 24.8 Å². The average Bonchev–Trinajstić information content (AvgIpc) is 2.68. The fourth-order valence-electron chi connectivity index (χ4n) is 3.96. The smallest absolute Gasteiger partial charge is 0.221 e. The monoisotopic (exact) mass is 417 g/mol. The summed E-state index contributed by atoms with van der Waals surface area (Å²) in [7, 11) is 0. The van der Waals surface area contributed by atoms with Crippen molar-refractivity contribution in [3.05, 3.63) is 24.4 Å². The standard InChI is InChI=1S/C19H31N5O.2ClH/c20-15-16-5-1-2-6-17(16)22-19(25)8-10-23-11-13-24(14-12-23)18-7-3-4-9-21-18;;/h3-4,7,9,16-17H,1-2,5-6,8,10-15,20H2,(H,22,25);2*1H. The summed E-state index contributed by atoms with van der Waals surface area (Å²) in [6.07, 6.45) is 7.10. The topological polar surface area (TPSA) is 74.5 Å². The van der Waals surface area contributed by atoms with E-state index >= 15 is 0 Å². The van der Waals surface area contributed by atoms with Crippen LogP contribution in [0, 0.1) is 5.92 Å². The van der Waals surface area contributed by atoms with Crippen LogP contribution in [0.1, 0.15) is 32.1 Å². The molecule has 2 aliphatic rings. The number of piperazine rings is 1. The molecular weight excluding hydrogens is 385 g/mol. The Morgan fingerprint density at radius 3 is 2.56 bits per heavy atom. The molecule has 2 heterocycles. The predicted molar refractivity (Wildman–Crippen MR) is 115 cm³/mol. The van der Waals surface area contributed by atoms with Gasteiger partial charge in [0.1, 0.15) is 5.82 Å². The number of halogens is 2. The van der Waals surface area contributed by atoms with Crippen LogP contribution in [0.4, 0.5) is 5.82 Å². The van der Waals surface area contributed by atoms with Crippen LogP contribution < -0.4 is 16.0 Å². The van der Waals surface area contributed by atoms with Crippen molar-refractivity contribution in [1.29, 1.82) is 0 Å². The van der Waals surface area contributed by atoms with Crippen LogP contribution in [-0.4, -0.2) is 61.1 Å². The molecule has 3 N–H and O–H groups in total. The van der Waals surface area contributed by atoms with E-state index in [0.717, 1.165) is 51.4 Å². The molecule has 3 rings (SSSR count). The number of hydrogen-bond acceptors (Lipinski definition) is 5. The Morgan fingerprint density at radius 1 is 1.15 bits per heavy atom. The fraction of sp³-hybridized carbons (Fsp3) is 0.684. The van der Waals surface area contributed by atoms with E-state index in [-0.39, 0.29) is 36.8 Å². The van der Waals surface area contributed by atoms with Gasteiger partial charge in [-0.05, 0) is 37.4 Å². The highest BCUT2D eigenvalue weighted by Gasteiger charge is 2.25. The molecule has 1 amide bonds. The van der Waals surface area contributed by atoms with Crippen molar-refractivity contribution < 1.29 is 4.79 Å². The molecule has 2 fully saturated rings. The van der Waals surface area contributed by atoms with Crippen molar-refractivity contribution in [3.8, 4) is 0 Å². The summed E-state index contributed by atoms with van der Waals surface area (Å²) in [6.45, 7) is 5.42. The molecular formula is C19H33Cl2N5O. The highest BCUT2D eigenvalue weighted by Crippen LogP contribution is 2.23. The third kappa shape index (κ3) is 7.11. The maximum Gasteiger partial charge on any atom is 0.221 e. The highest BCUT2D eigenvalue weighted by atomic mass is 35.5. The minimum atomic E-state index is 0. The largest absolute Gasteiger partial charge is 0.354 e. The normalized spacial score (nSPS) is 23.1. The summed E-state index contributed by atoms with van der Waals surface area (Å²) >= 11 is 0. The van der Waals surface area contributed by atoms with Gasteiger partial charge in [-0.2, -0.15) is 0 Å². The first kappa shape index (κ1) is 24.0. The third-order valence-corrected chi connectivity index (χ3v) is 5.56. The molecule has 0 aromatic carbocycles. The Hall–Kier alpha value is -1.08. The van der Waals surface area contributed by atoms with Crippen molar-refractivity contribution in [2.75, 3.05) is 44.2 Å². The summed E-state index contributed by atoms with van der Waals surface area (Å²) < 4.78 is 0. The molecule has 0 radical (unpaired) electrons. The third-order valence-electron chi connectivity index (χ3n) is 5.56. The van der Waals surface area contributed by atoms with Gasteiger partial charge in [0.25, 0.3) is 0 Å². The van der Waals surface area contributed by atoms with Crippen molar-refractivity contribution in [1.82, 2.24) is 15.2 Å². The highest BCUT2D eigenvalue weighted by molar-refractivity contribution is 5.85. The van der Waals surface area contributed by atoms with Gasteiger partial charge in [-0.25, -0.2) is 4.98 Å². The van der Waals surface area contributed by atoms with Gasteiger partial charge in [-0.3, -0.25) is 9.69 Å². The molecule has 6 nitrogen and oxygen atoms in total. The number of nitrogens with zero attached hydrogens (tertiary/aromatic N) is 3. The average molecular weight is 418 g/mol. The van der Waals surface area contributed by atoms with Crippen LogP contribution in [0.2, 0.25) is 0 Å². The lowest BCUT2D eigenvalue weighted by molar-refractivity contribution is -0.122. The van der Waals surface area contributed by atoms with Crippen molar-refractivity contribution in [2.24, 2.45) is 11.7 Å². The zero-order valence-corrected chi connectivity index (χ0v) is 17.5. The number of carbonyl (C=O) groups excluding carboxylic acids is 1. The molecule has 1 aromatic heterocycles. The Kier molecular flexibility index (Phi) is 11.0. The number of nitrogens with one attached hydrogen (secondary N) is 1. The second-order valence-electron chi connectivity index (χ2n) is 7.22. The minimum Gasteiger partial charge on any atom is -0.354 e. The summed E-state index contributed by atoms with van der Waals surface area (Å²) in [5.41, 5.74) is 5.85. The lowest BCUT2D eigenvalue weighted by Crippen LogP contribution is -2.48. The number of amides is 1. The van der Waals surface area contributed by atoms with Gasteiger partial charge in [0.2, 0.25) is 5.91 Å². The number of aromatic nitrogens is 1. The number of hydrogen-bond donors (Lipinski definition) is 2. The summed E-state index contributed by atoms with van der Waals surface area (Å²) in [6, 6.07) is 6.31. The van der Waals surface area contributed by atoms with Gasteiger partial charge < -0.3 is 16.0 Å². The molecule has 0 spiro atoms. The molecule has 8 heteroatoms. The summed E-state index contributed by atoms with van der Waals surface area (Å²) in [4.78, 5) is 21.4. The van der Waals surface area contributed by atoms with Crippen molar-refractivity contribution in [2.45, 2.75) is 38.1 Å². The lowest BCUT2D eigenvalue weighted by Gasteiger charge is -2.35. The van der Waals surface area contributed by atoms with E-state index in [4.69, 9.17) is 5.73 Å². The van der Waals surface area contributed by atoms with E-state index in [2.05, 4.69) is 26.2 Å². The molecule has 1 aliphatic carbocycles. The molecule has 1 aromatic rings. The van der Waals surface area contributed by atoms with Crippen LogP contribution in [-0.2, 0) is 4.79 Å². The first-order valence-electron chi connectivity index (χ1n) is 9.64. The molecule has 0 bridgehead atoms. The van der Waals surface area contributed by atoms with Gasteiger partial charge in [-0.15, -0.1) is 24.8 Å². The minimum absolute atomic E-state index is 0. The molecule has 27 heavy (non-hydrogen) atoms. The van der Waals surface area contributed by atoms with E-state index in [1.165, 1.54) is 12.8 Å². The first-order valence-corrected chi connectivity index (χ1v) is 9.64. The van der Waals surface area contributed by atoms with Crippen LogP contribution in [0.5, 0.6) is 0 Å². The molecule has 1 saturated carbocycles. The Labute approximate surface area is 175 Å². The zero-order chi connectivity index (χ0) is 17.5. The number of anilines is 1. The lowest BCUT2D eigenvalue weighted by atomic mass is 9.84. The van der Waals surface area contributed by atoms with E-state index < -0.39 is 0 Å². The van der Waals surface area contributed by atoms with E-state index in [1.807, 2.05) is 18.3 Å². The maximum absolute atomic E-state index is 12.3. The first-order chi connectivity index (χ1) is 12.3. The van der Waals surface area contributed by atoms with Gasteiger partial charge >= 0.3 is 0 Å². The van der Waals surface area contributed by atoms with E-state index in [9.17, 15) is 4.79 Å². The molecule has 1 aliphatic heterocycles. The molecule has 2 unspecified atom stereocenters. The van der Waals surface area contributed by atoms with Crippen LogP contribution in [0.3, 0.4) is 0 Å². The van der Waals surface area contributed by atoms with E-state index in [0.29, 0.717) is 18.9 Å². The number of nitrogens with two attached hydrogens (primary N) is 1. The van der Waals surface area contributed by atoms with Gasteiger partial charge in [0, 0.05) is 51.4 Å². The maximum atomic E-state index is 12.3. The number of pyridine rings is 1. The van der Waals surface area contributed by atoms with Gasteiger partial charge in [0.15, 0.2) is 0 Å². The van der Waals surface area contributed by atoms with Gasteiger partial charge in [0.05, 0.1) is 0 Å². The Morgan fingerprint density at radius 2 is 1.89 bits per heavy atom. The SMILES string of the molecule is Cl.Cl.NCC1CCCCC1NC(=O)CCN1CCN(c2ccccn2)CC1. The predicted octanol–water partition coefficient (Wildman–Crippen LogP) is 2.07. The Balaban J connectivity index is 0.00000182. The second-order valence-corrected chi connectivity index (χ2v) is 7.22. The molecule has 1 saturated heterocycles. The zero-order valence-electron chi connectivity index (χ0n) is 15.9. The quantitative estimate of drug-likeness (QED) is 0.740. The van der Waals surface area contributed by atoms with Crippen molar-refractivity contribution in [3.63, 3.8) is 0 Å². The molecule has 154 valence electrons. The van der Waals surface area contributed by atoms with E-state index in [1.54, 1.807) is 0 Å². The van der Waals surface area contributed by atoms with Crippen molar-refractivity contribution >= 4 is 36.5 Å². The molecule has 2 atom stereocenters. The van der Waals surface area contributed by atoms with Gasteiger partial charge in [-0.1, -0.05) is 18.9 Å². The second kappa shape index (κ2) is 12.4. The van der Waals surface area contributed by atoms with Crippen LogP contribution in [0.25, 0.3) is 0 Å². The number of carbonyl (C=O) groups is 1. The fourth-order valence-corrected chi connectivity index (χ4v) is 3.96.